The summed E-state index contributed by atoms with van der Waals surface area (Å²) in [6, 6.07) is 10.5. The van der Waals surface area contributed by atoms with Crippen molar-refractivity contribution in [3.05, 3.63) is 70.6 Å². The molecule has 2 aromatic carbocycles. The number of aromatic nitrogens is 3. The van der Waals surface area contributed by atoms with Crippen molar-refractivity contribution in [2.24, 2.45) is 0 Å². The van der Waals surface area contributed by atoms with Crippen molar-refractivity contribution in [1.29, 1.82) is 0 Å². The normalized spacial score (nSPS) is 14.6. The van der Waals surface area contributed by atoms with E-state index in [1.165, 1.54) is 0 Å². The van der Waals surface area contributed by atoms with E-state index < -0.39 is 0 Å². The Morgan fingerprint density at radius 3 is 2.84 bits per heavy atom. The van der Waals surface area contributed by atoms with E-state index in [4.69, 9.17) is 17.3 Å². The molecular weight excluding hydrogens is 428 g/mol. The Labute approximate surface area is 187 Å². The Bertz CT molecular complexity index is 1460. The van der Waals surface area contributed by atoms with Crippen LogP contribution in [0.3, 0.4) is 0 Å². The van der Waals surface area contributed by atoms with Crippen LogP contribution in [0.25, 0.3) is 16.5 Å². The molecular formula is C23H17ClN6O2. The fourth-order valence-electron chi connectivity index (χ4n) is 4.19. The highest BCUT2D eigenvalue weighted by molar-refractivity contribution is 6.33. The smallest absolute Gasteiger partial charge is 0.259 e. The molecule has 1 aliphatic heterocycles. The second kappa shape index (κ2) is 6.80. The molecule has 0 bridgehead atoms. The standard InChI is InChI=1S/C23H17ClN6O2/c24-16-8-12(6-7-17(16)25)28-23(32)15-9-27-30(20(15)11-4-5-11)18-10-26-21-19-13(18)2-1-3-14(19)22(31)29-21/h1-3,6-11H,4-5,25H2,(H,28,32)(H,26,29,31). The Hall–Kier alpha value is -3.91. The van der Waals surface area contributed by atoms with E-state index in [1.807, 2.05) is 12.1 Å². The van der Waals surface area contributed by atoms with Gasteiger partial charge in [0.05, 0.1) is 45.6 Å². The van der Waals surface area contributed by atoms with Crippen molar-refractivity contribution >= 4 is 51.4 Å². The monoisotopic (exact) mass is 444 g/mol. The summed E-state index contributed by atoms with van der Waals surface area (Å²) < 4.78 is 1.78. The minimum absolute atomic E-state index is 0.166. The number of nitrogens with two attached hydrogens (primary N) is 1. The van der Waals surface area contributed by atoms with Crippen molar-refractivity contribution in [1.82, 2.24) is 14.8 Å². The van der Waals surface area contributed by atoms with Crippen LogP contribution in [-0.4, -0.2) is 26.6 Å². The number of benzene rings is 2. The number of rotatable bonds is 4. The van der Waals surface area contributed by atoms with Crippen molar-refractivity contribution in [3.8, 4) is 5.69 Å². The van der Waals surface area contributed by atoms with Gasteiger partial charge in [0.15, 0.2) is 0 Å². The van der Waals surface area contributed by atoms with Gasteiger partial charge in [-0.1, -0.05) is 23.7 Å². The first-order valence-electron chi connectivity index (χ1n) is 10.2. The zero-order valence-corrected chi connectivity index (χ0v) is 17.5. The predicted octanol–water partition coefficient (Wildman–Crippen LogP) is 4.35. The van der Waals surface area contributed by atoms with Gasteiger partial charge in [-0.15, -0.1) is 0 Å². The summed E-state index contributed by atoms with van der Waals surface area (Å²) in [4.78, 5) is 29.8. The second-order valence-corrected chi connectivity index (χ2v) is 8.40. The van der Waals surface area contributed by atoms with E-state index >= 15 is 0 Å². The number of anilines is 3. The fourth-order valence-corrected chi connectivity index (χ4v) is 4.37. The average molecular weight is 445 g/mol. The van der Waals surface area contributed by atoms with Crippen LogP contribution >= 0.6 is 11.6 Å². The molecule has 3 heterocycles. The first-order chi connectivity index (χ1) is 15.5. The topological polar surface area (TPSA) is 115 Å². The van der Waals surface area contributed by atoms with Crippen LogP contribution in [0, 0.1) is 0 Å². The van der Waals surface area contributed by atoms with Gasteiger partial charge in [0.1, 0.15) is 5.82 Å². The summed E-state index contributed by atoms with van der Waals surface area (Å²) in [5, 5.41) is 12.2. The number of carbonyl (C=O) groups excluding carboxylic acids is 2. The van der Waals surface area contributed by atoms with Gasteiger partial charge in [-0.25, -0.2) is 9.67 Å². The summed E-state index contributed by atoms with van der Waals surface area (Å²) in [6.07, 6.45) is 5.23. The van der Waals surface area contributed by atoms with E-state index in [0.29, 0.717) is 33.3 Å². The summed E-state index contributed by atoms with van der Waals surface area (Å²) in [6.45, 7) is 0. The molecule has 158 valence electrons. The third-order valence-corrected chi connectivity index (χ3v) is 6.20. The lowest BCUT2D eigenvalue weighted by atomic mass is 10.1. The van der Waals surface area contributed by atoms with E-state index in [2.05, 4.69) is 20.7 Å². The van der Waals surface area contributed by atoms with Crippen LogP contribution in [0.4, 0.5) is 17.2 Å². The Balaban J connectivity index is 1.45. The summed E-state index contributed by atoms with van der Waals surface area (Å²) >= 11 is 6.09. The lowest BCUT2D eigenvalue weighted by Gasteiger charge is -2.12. The molecule has 0 atom stereocenters. The molecule has 2 amide bonds. The number of pyridine rings is 1. The number of nitrogens with zero attached hydrogens (tertiary/aromatic N) is 3. The number of nitrogens with one attached hydrogen (secondary N) is 2. The lowest BCUT2D eigenvalue weighted by Crippen LogP contribution is -2.14. The molecule has 2 aromatic heterocycles. The SMILES string of the molecule is Nc1ccc(NC(=O)c2cnn(-c3cnc4c5c(cccc35)C(=O)N4)c2C2CC2)cc1Cl. The highest BCUT2D eigenvalue weighted by Crippen LogP contribution is 2.44. The molecule has 0 radical (unpaired) electrons. The molecule has 4 aromatic rings. The van der Waals surface area contributed by atoms with Gasteiger partial charge < -0.3 is 16.4 Å². The van der Waals surface area contributed by atoms with Crippen LogP contribution < -0.4 is 16.4 Å². The second-order valence-electron chi connectivity index (χ2n) is 7.99. The third kappa shape index (κ3) is 2.84. The molecule has 0 saturated heterocycles. The first-order valence-corrected chi connectivity index (χ1v) is 10.6. The van der Waals surface area contributed by atoms with Crippen LogP contribution in [-0.2, 0) is 0 Å². The molecule has 9 heteroatoms. The van der Waals surface area contributed by atoms with Gasteiger partial charge in [-0.3, -0.25) is 9.59 Å². The number of halogens is 1. The van der Waals surface area contributed by atoms with Crippen LogP contribution in [0.15, 0.2) is 48.8 Å². The minimum atomic E-state index is -0.269. The molecule has 1 saturated carbocycles. The van der Waals surface area contributed by atoms with Crippen LogP contribution in [0.1, 0.15) is 45.2 Å². The number of carbonyl (C=O) groups is 2. The largest absolute Gasteiger partial charge is 0.398 e. The molecule has 32 heavy (non-hydrogen) atoms. The maximum absolute atomic E-state index is 13.1. The molecule has 4 N–H and O–H groups in total. The summed E-state index contributed by atoms with van der Waals surface area (Å²) in [5.41, 5.74) is 9.42. The van der Waals surface area contributed by atoms with Gasteiger partial charge in [0, 0.05) is 22.4 Å². The van der Waals surface area contributed by atoms with E-state index in [0.717, 1.165) is 35.0 Å². The lowest BCUT2D eigenvalue weighted by molar-refractivity contribution is 0.102. The molecule has 2 aliphatic rings. The maximum atomic E-state index is 13.1. The van der Waals surface area contributed by atoms with Crippen LogP contribution in [0.2, 0.25) is 5.02 Å². The van der Waals surface area contributed by atoms with Gasteiger partial charge in [-0.05, 0) is 37.1 Å². The van der Waals surface area contributed by atoms with Crippen molar-refractivity contribution in [2.75, 3.05) is 16.4 Å². The average Bonchev–Trinajstić information content (AvgIpc) is 3.44. The molecule has 1 aliphatic carbocycles. The molecule has 0 unspecified atom stereocenters. The fraction of sp³-hybridized carbons (Fsp3) is 0.130. The number of nitrogen functional groups attached to an aromatic ring is 1. The van der Waals surface area contributed by atoms with E-state index in [9.17, 15) is 9.59 Å². The van der Waals surface area contributed by atoms with Gasteiger partial charge in [0.25, 0.3) is 11.8 Å². The summed E-state index contributed by atoms with van der Waals surface area (Å²) in [7, 11) is 0. The Morgan fingerprint density at radius 1 is 1.22 bits per heavy atom. The van der Waals surface area contributed by atoms with Gasteiger partial charge in [0.2, 0.25) is 0 Å². The Morgan fingerprint density at radius 2 is 2.06 bits per heavy atom. The highest BCUT2D eigenvalue weighted by Gasteiger charge is 2.34. The number of hydrogen-bond donors (Lipinski definition) is 3. The van der Waals surface area contributed by atoms with Crippen molar-refractivity contribution in [3.63, 3.8) is 0 Å². The van der Waals surface area contributed by atoms with E-state index in [1.54, 1.807) is 41.3 Å². The summed E-state index contributed by atoms with van der Waals surface area (Å²) in [5.74, 6) is 0.341. The molecule has 6 rings (SSSR count). The number of hydrogen-bond acceptors (Lipinski definition) is 5. The highest BCUT2D eigenvalue weighted by atomic mass is 35.5. The van der Waals surface area contributed by atoms with E-state index in [-0.39, 0.29) is 17.7 Å². The third-order valence-electron chi connectivity index (χ3n) is 5.87. The molecule has 1 fully saturated rings. The maximum Gasteiger partial charge on any atom is 0.259 e. The minimum Gasteiger partial charge on any atom is -0.398 e. The zero-order valence-electron chi connectivity index (χ0n) is 16.7. The van der Waals surface area contributed by atoms with Crippen molar-refractivity contribution < 1.29 is 9.59 Å². The molecule has 8 nitrogen and oxygen atoms in total. The number of amides is 2. The van der Waals surface area contributed by atoms with Crippen molar-refractivity contribution in [2.45, 2.75) is 18.8 Å². The Kier molecular flexibility index (Phi) is 4.00. The zero-order chi connectivity index (χ0) is 22.0. The van der Waals surface area contributed by atoms with Gasteiger partial charge >= 0.3 is 0 Å². The first kappa shape index (κ1) is 18.8. The van der Waals surface area contributed by atoms with Gasteiger partial charge in [-0.2, -0.15) is 5.10 Å². The predicted molar refractivity (Wildman–Crippen MR) is 123 cm³/mol. The quantitative estimate of drug-likeness (QED) is 0.405. The van der Waals surface area contributed by atoms with Crippen LogP contribution in [0.5, 0.6) is 0 Å². The molecule has 0 spiro atoms.